The van der Waals surface area contributed by atoms with E-state index < -0.39 is 16.1 Å². The molecule has 0 radical (unpaired) electrons. The average Bonchev–Trinajstić information content (AvgIpc) is 2.66. The minimum atomic E-state index is -3.56. The highest BCUT2D eigenvalue weighted by molar-refractivity contribution is 7.92. The molecule has 0 saturated carbocycles. The number of likely N-dealkylation sites (tertiary alicyclic amines) is 1. The van der Waals surface area contributed by atoms with Crippen molar-refractivity contribution in [2.45, 2.75) is 32.8 Å². The lowest BCUT2D eigenvalue weighted by atomic mass is 9.96. The van der Waals surface area contributed by atoms with Crippen LogP contribution in [0.15, 0.2) is 18.2 Å². The monoisotopic (exact) mass is 410 g/mol. The maximum atomic E-state index is 13.0. The zero-order valence-corrected chi connectivity index (χ0v) is 17.2. The highest BCUT2D eigenvalue weighted by atomic mass is 32.2. The van der Waals surface area contributed by atoms with Crippen LogP contribution in [0.1, 0.15) is 25.3 Å². The van der Waals surface area contributed by atoms with Crippen molar-refractivity contribution >= 4 is 27.6 Å². The molecule has 0 unspecified atom stereocenters. The van der Waals surface area contributed by atoms with Gasteiger partial charge in [0.2, 0.25) is 10.0 Å². The quantitative estimate of drug-likeness (QED) is 0.695. The number of aryl methyl sites for hydroxylation is 1. The van der Waals surface area contributed by atoms with Crippen molar-refractivity contribution in [3.8, 4) is 5.75 Å². The lowest BCUT2D eigenvalue weighted by Gasteiger charge is -2.38. The van der Waals surface area contributed by atoms with E-state index in [-0.39, 0.29) is 24.3 Å². The van der Waals surface area contributed by atoms with E-state index in [1.54, 1.807) is 24.0 Å². The summed E-state index contributed by atoms with van der Waals surface area (Å²) in [6, 6.07) is 5.24. The number of nitrogens with zero attached hydrogens (tertiary/aromatic N) is 2. The summed E-state index contributed by atoms with van der Waals surface area (Å²) in [5, 5.41) is 0. The van der Waals surface area contributed by atoms with E-state index in [1.807, 2.05) is 13.0 Å². The van der Waals surface area contributed by atoms with E-state index in [4.69, 9.17) is 9.47 Å². The molecule has 8 nitrogen and oxygen atoms in total. The van der Waals surface area contributed by atoms with Crippen LogP contribution in [0.4, 0.5) is 5.69 Å². The Morgan fingerprint density at radius 2 is 1.93 bits per heavy atom. The fourth-order valence-electron chi connectivity index (χ4n) is 3.60. The lowest BCUT2D eigenvalue weighted by Crippen LogP contribution is -2.53. The van der Waals surface area contributed by atoms with Crippen LogP contribution >= 0.6 is 0 Å². The number of carbonyl (C=O) groups excluding carboxylic acids is 2. The van der Waals surface area contributed by atoms with Crippen LogP contribution in [-0.2, 0) is 24.3 Å². The Balaban J connectivity index is 1.73. The van der Waals surface area contributed by atoms with Crippen LogP contribution in [0.3, 0.4) is 0 Å². The number of fused-ring (bicyclic) bond motifs is 1. The average molecular weight is 410 g/mol. The van der Waals surface area contributed by atoms with Crippen LogP contribution in [0.5, 0.6) is 5.75 Å². The van der Waals surface area contributed by atoms with Gasteiger partial charge in [-0.15, -0.1) is 0 Å². The second-order valence-corrected chi connectivity index (χ2v) is 9.13. The Morgan fingerprint density at radius 1 is 1.25 bits per heavy atom. The summed E-state index contributed by atoms with van der Waals surface area (Å²) in [5.41, 5.74) is 1.36. The summed E-state index contributed by atoms with van der Waals surface area (Å²) in [4.78, 5) is 26.5. The van der Waals surface area contributed by atoms with E-state index in [0.29, 0.717) is 44.0 Å². The maximum absolute atomic E-state index is 13.0. The van der Waals surface area contributed by atoms with Gasteiger partial charge in [0.05, 0.1) is 31.0 Å². The van der Waals surface area contributed by atoms with Gasteiger partial charge < -0.3 is 14.4 Å². The highest BCUT2D eigenvalue weighted by Gasteiger charge is 2.38. The van der Waals surface area contributed by atoms with Crippen LogP contribution in [0.25, 0.3) is 0 Å². The second-order valence-electron chi connectivity index (χ2n) is 7.22. The first-order chi connectivity index (χ1) is 13.2. The molecular weight excluding hydrogens is 384 g/mol. The molecule has 0 aliphatic carbocycles. The molecule has 1 aromatic rings. The summed E-state index contributed by atoms with van der Waals surface area (Å²) in [7, 11) is -3.56. The summed E-state index contributed by atoms with van der Waals surface area (Å²) in [5.74, 6) is -0.312. The van der Waals surface area contributed by atoms with Gasteiger partial charge in [-0.3, -0.25) is 13.9 Å². The molecule has 1 amide bonds. The van der Waals surface area contributed by atoms with Crippen molar-refractivity contribution in [1.29, 1.82) is 0 Å². The maximum Gasteiger partial charge on any atom is 0.309 e. The van der Waals surface area contributed by atoms with E-state index in [9.17, 15) is 18.0 Å². The molecule has 3 rings (SSSR count). The van der Waals surface area contributed by atoms with Gasteiger partial charge in [0.1, 0.15) is 5.75 Å². The third-order valence-electron chi connectivity index (χ3n) is 5.09. The standard InChI is InChI=1S/C19H26N2O6S/c1-4-26-19(23)14-7-9-20(10-8-14)18(22)17-12-21(28(3,24)25)15-11-13(2)5-6-16(15)27-17/h5-6,11,14,17H,4,7-10,12H2,1-3H3/t17-/m0/s1. The molecule has 2 aliphatic rings. The molecule has 0 bridgehead atoms. The van der Waals surface area contributed by atoms with Gasteiger partial charge in [-0.05, 0) is 44.4 Å². The Hall–Kier alpha value is -2.29. The number of piperidine rings is 1. The van der Waals surface area contributed by atoms with Crippen LogP contribution in [0, 0.1) is 12.8 Å². The molecule has 2 heterocycles. The minimum Gasteiger partial charge on any atom is -0.476 e. The number of sulfonamides is 1. The predicted octanol–water partition coefficient (Wildman–Crippen LogP) is 1.32. The van der Waals surface area contributed by atoms with Gasteiger partial charge in [-0.1, -0.05) is 6.07 Å². The summed E-state index contributed by atoms with van der Waals surface area (Å²) >= 11 is 0. The van der Waals surface area contributed by atoms with E-state index >= 15 is 0 Å². The number of ether oxygens (including phenoxy) is 2. The zero-order chi connectivity index (χ0) is 20.5. The van der Waals surface area contributed by atoms with E-state index in [2.05, 4.69) is 0 Å². The molecule has 1 aromatic carbocycles. The largest absolute Gasteiger partial charge is 0.476 e. The SMILES string of the molecule is CCOC(=O)C1CCN(C(=O)[C@@H]2CN(S(C)(=O)=O)c3cc(C)ccc3O2)CC1. The first-order valence-corrected chi connectivity index (χ1v) is 11.3. The van der Waals surface area contributed by atoms with Crippen molar-refractivity contribution < 1.29 is 27.5 Å². The van der Waals surface area contributed by atoms with Crippen molar-refractivity contribution in [2.24, 2.45) is 5.92 Å². The summed E-state index contributed by atoms with van der Waals surface area (Å²) < 4.78 is 36.7. The van der Waals surface area contributed by atoms with Gasteiger partial charge in [0.15, 0.2) is 6.10 Å². The molecule has 154 valence electrons. The summed E-state index contributed by atoms with van der Waals surface area (Å²) in [6.07, 6.45) is 1.27. The van der Waals surface area contributed by atoms with Crippen LogP contribution in [-0.4, -0.2) is 63.8 Å². The number of amides is 1. The van der Waals surface area contributed by atoms with Crippen molar-refractivity contribution in [1.82, 2.24) is 4.90 Å². The molecule has 2 aliphatic heterocycles. The molecule has 28 heavy (non-hydrogen) atoms. The molecular formula is C19H26N2O6S. The van der Waals surface area contributed by atoms with Gasteiger partial charge >= 0.3 is 5.97 Å². The van der Waals surface area contributed by atoms with Crippen molar-refractivity contribution in [3.63, 3.8) is 0 Å². The highest BCUT2D eigenvalue weighted by Crippen LogP contribution is 2.36. The van der Waals surface area contributed by atoms with Crippen molar-refractivity contribution in [3.05, 3.63) is 23.8 Å². The molecule has 1 saturated heterocycles. The van der Waals surface area contributed by atoms with Crippen molar-refractivity contribution in [2.75, 3.05) is 36.8 Å². The third kappa shape index (κ3) is 4.24. The van der Waals surface area contributed by atoms with Gasteiger partial charge in [-0.25, -0.2) is 8.42 Å². The molecule has 0 N–H and O–H groups in total. The number of carbonyl (C=O) groups is 2. The predicted molar refractivity (Wildman–Crippen MR) is 104 cm³/mol. The van der Waals surface area contributed by atoms with Crippen LogP contribution in [0.2, 0.25) is 0 Å². The Bertz CT molecular complexity index is 861. The van der Waals surface area contributed by atoms with E-state index in [1.165, 1.54) is 4.31 Å². The fraction of sp³-hybridized carbons (Fsp3) is 0.579. The number of hydrogen-bond donors (Lipinski definition) is 0. The Morgan fingerprint density at radius 3 is 2.54 bits per heavy atom. The first kappa shape index (κ1) is 20.4. The smallest absolute Gasteiger partial charge is 0.309 e. The Labute approximate surface area is 165 Å². The fourth-order valence-corrected chi connectivity index (χ4v) is 4.51. The lowest BCUT2D eigenvalue weighted by molar-refractivity contribution is -0.152. The van der Waals surface area contributed by atoms with E-state index in [0.717, 1.165) is 11.8 Å². The molecule has 0 spiro atoms. The first-order valence-electron chi connectivity index (χ1n) is 9.41. The number of anilines is 1. The molecule has 9 heteroatoms. The van der Waals surface area contributed by atoms with Crippen LogP contribution < -0.4 is 9.04 Å². The normalized spacial score (nSPS) is 20.3. The van der Waals surface area contributed by atoms with Gasteiger partial charge in [-0.2, -0.15) is 0 Å². The Kier molecular flexibility index (Phi) is 5.83. The van der Waals surface area contributed by atoms with Gasteiger partial charge in [0, 0.05) is 13.1 Å². The number of rotatable bonds is 4. The molecule has 0 aromatic heterocycles. The number of hydrogen-bond acceptors (Lipinski definition) is 6. The number of esters is 1. The molecule has 1 fully saturated rings. The van der Waals surface area contributed by atoms with Gasteiger partial charge in [0.25, 0.3) is 5.91 Å². The third-order valence-corrected chi connectivity index (χ3v) is 6.23. The summed E-state index contributed by atoms with van der Waals surface area (Å²) in [6.45, 7) is 4.75. The minimum absolute atomic E-state index is 0.0636. The number of benzene rings is 1. The topological polar surface area (TPSA) is 93.2 Å². The zero-order valence-electron chi connectivity index (χ0n) is 16.4. The second kappa shape index (κ2) is 7.98. The molecule has 1 atom stereocenters.